The third kappa shape index (κ3) is 3.13. The van der Waals surface area contributed by atoms with E-state index in [1.165, 1.54) is 30.9 Å². The van der Waals surface area contributed by atoms with Gasteiger partial charge in [-0.3, -0.25) is 14.2 Å². The first kappa shape index (κ1) is 17.1. The lowest BCUT2D eigenvalue weighted by atomic mass is 10.1. The first-order chi connectivity index (χ1) is 11.9. The molecule has 0 saturated carbocycles. The highest BCUT2D eigenvalue weighted by Crippen LogP contribution is 2.35. The minimum absolute atomic E-state index is 0.419. The minimum Gasteiger partial charge on any atom is -0.456 e. The lowest BCUT2D eigenvalue weighted by Crippen LogP contribution is -2.40. The van der Waals surface area contributed by atoms with Gasteiger partial charge in [0, 0.05) is 20.0 Å². The number of ether oxygens (including phenoxy) is 3. The van der Waals surface area contributed by atoms with Gasteiger partial charge in [0.05, 0.1) is 18.6 Å². The van der Waals surface area contributed by atoms with Crippen molar-refractivity contribution in [3.63, 3.8) is 0 Å². The Bertz CT molecular complexity index is 806. The number of pyridine rings is 1. The van der Waals surface area contributed by atoms with E-state index in [1.54, 1.807) is 6.07 Å². The first-order valence-electron chi connectivity index (χ1n) is 7.60. The van der Waals surface area contributed by atoms with Crippen LogP contribution in [0.15, 0.2) is 18.6 Å². The van der Waals surface area contributed by atoms with E-state index in [9.17, 15) is 14.7 Å². The van der Waals surface area contributed by atoms with Crippen molar-refractivity contribution in [2.75, 3.05) is 12.3 Å². The summed E-state index contributed by atoms with van der Waals surface area (Å²) in [7, 11) is 0. The van der Waals surface area contributed by atoms with Crippen LogP contribution in [0, 0.1) is 0 Å². The number of imidazole rings is 1. The molecule has 4 atom stereocenters. The van der Waals surface area contributed by atoms with Gasteiger partial charge in [0.1, 0.15) is 11.6 Å². The van der Waals surface area contributed by atoms with Gasteiger partial charge in [0.15, 0.2) is 24.1 Å². The fraction of sp³-hybridized carbons (Fsp3) is 0.467. The van der Waals surface area contributed by atoms with Gasteiger partial charge < -0.3 is 25.1 Å². The molecule has 2 aromatic rings. The number of aliphatic hydroxyl groups is 1. The number of hydrogen-bond acceptors (Lipinski definition) is 9. The Morgan fingerprint density at radius 3 is 2.60 bits per heavy atom. The van der Waals surface area contributed by atoms with E-state index < -0.39 is 43.1 Å². The van der Waals surface area contributed by atoms with Crippen LogP contribution in [0.4, 0.5) is 5.69 Å². The molecule has 3 rings (SSSR count). The summed E-state index contributed by atoms with van der Waals surface area (Å²) in [6, 6.07) is 1.61. The maximum Gasteiger partial charge on any atom is 0.303 e. The Labute approximate surface area is 142 Å². The smallest absolute Gasteiger partial charge is 0.303 e. The summed E-state index contributed by atoms with van der Waals surface area (Å²) >= 11 is 0. The standard InChI is InChI=1S/C15H18N4O6/c1-7(21)23-12-10(5-20)25-15(13(12)24-8(2)22)19-6-18-11-9(16)3-4-17-14(11)19/h3-4,6,10,12-13,15,20H,5H2,1-2H3,(H2,16,17). The maximum absolute atomic E-state index is 11.5. The molecular weight excluding hydrogens is 332 g/mol. The molecule has 3 heterocycles. The zero-order chi connectivity index (χ0) is 18.1. The van der Waals surface area contributed by atoms with Gasteiger partial charge in [-0.05, 0) is 6.07 Å². The van der Waals surface area contributed by atoms with E-state index in [0.717, 1.165) is 0 Å². The average Bonchev–Trinajstić information content (AvgIpc) is 3.10. The number of carbonyl (C=O) groups excluding carboxylic acids is 2. The van der Waals surface area contributed by atoms with Crippen LogP contribution in [-0.4, -0.2) is 56.5 Å². The number of anilines is 1. The number of nitrogens with zero attached hydrogens (tertiary/aromatic N) is 3. The number of nitrogen functional groups attached to an aromatic ring is 1. The van der Waals surface area contributed by atoms with Crippen LogP contribution < -0.4 is 5.73 Å². The highest BCUT2D eigenvalue weighted by Gasteiger charge is 2.50. The summed E-state index contributed by atoms with van der Waals surface area (Å²) in [5.74, 6) is -1.16. The van der Waals surface area contributed by atoms with Crippen molar-refractivity contribution >= 4 is 28.8 Å². The second kappa shape index (κ2) is 6.65. The molecule has 134 valence electrons. The summed E-state index contributed by atoms with van der Waals surface area (Å²) < 4.78 is 17.8. The van der Waals surface area contributed by atoms with Crippen LogP contribution in [0.1, 0.15) is 20.1 Å². The van der Waals surface area contributed by atoms with E-state index in [4.69, 9.17) is 19.9 Å². The third-order valence-electron chi connectivity index (χ3n) is 3.84. The van der Waals surface area contributed by atoms with Gasteiger partial charge in [-0.1, -0.05) is 0 Å². The molecule has 1 aliphatic heterocycles. The number of hydrogen-bond donors (Lipinski definition) is 2. The lowest BCUT2D eigenvalue weighted by Gasteiger charge is -2.23. The molecule has 0 amide bonds. The Hall–Kier alpha value is -2.72. The molecule has 4 unspecified atom stereocenters. The molecule has 0 spiro atoms. The molecule has 0 aliphatic carbocycles. The normalized spacial score (nSPS) is 25.9. The number of rotatable bonds is 4. The Balaban J connectivity index is 2.04. The van der Waals surface area contributed by atoms with Gasteiger partial charge in [-0.15, -0.1) is 0 Å². The highest BCUT2D eigenvalue weighted by molar-refractivity contribution is 5.83. The van der Waals surface area contributed by atoms with Crippen LogP contribution >= 0.6 is 0 Å². The van der Waals surface area contributed by atoms with Crippen molar-refractivity contribution in [1.29, 1.82) is 0 Å². The van der Waals surface area contributed by atoms with Crippen molar-refractivity contribution in [2.24, 2.45) is 0 Å². The number of fused-ring (bicyclic) bond motifs is 1. The SMILES string of the molecule is CC(=O)OC1C(CO)OC(n2cnc3c(N)ccnc32)C1OC(C)=O. The molecule has 25 heavy (non-hydrogen) atoms. The summed E-state index contributed by atoms with van der Waals surface area (Å²) in [6.45, 7) is 2.03. The zero-order valence-electron chi connectivity index (χ0n) is 13.7. The molecule has 1 saturated heterocycles. The number of esters is 2. The van der Waals surface area contributed by atoms with E-state index in [0.29, 0.717) is 16.9 Å². The Morgan fingerprint density at radius 2 is 1.96 bits per heavy atom. The summed E-state index contributed by atoms with van der Waals surface area (Å²) in [4.78, 5) is 31.3. The second-order valence-electron chi connectivity index (χ2n) is 5.62. The van der Waals surface area contributed by atoms with Crippen LogP contribution in [0.2, 0.25) is 0 Å². The number of carbonyl (C=O) groups is 2. The average molecular weight is 350 g/mol. The highest BCUT2D eigenvalue weighted by atomic mass is 16.6. The predicted octanol–water partition coefficient (Wildman–Crippen LogP) is -0.233. The van der Waals surface area contributed by atoms with Crippen LogP contribution in [-0.2, 0) is 23.8 Å². The number of nitrogens with two attached hydrogens (primary N) is 1. The summed E-state index contributed by atoms with van der Waals surface area (Å²) in [6.07, 6.45) is -0.728. The van der Waals surface area contributed by atoms with E-state index in [2.05, 4.69) is 9.97 Å². The molecule has 2 aromatic heterocycles. The van der Waals surface area contributed by atoms with Crippen LogP contribution in [0.25, 0.3) is 11.2 Å². The van der Waals surface area contributed by atoms with Gasteiger partial charge in [0.25, 0.3) is 0 Å². The molecule has 0 bridgehead atoms. The molecule has 0 aromatic carbocycles. The molecule has 3 N–H and O–H groups in total. The lowest BCUT2D eigenvalue weighted by molar-refractivity contribution is -0.165. The molecule has 1 aliphatic rings. The summed E-state index contributed by atoms with van der Waals surface area (Å²) in [5.41, 5.74) is 7.19. The van der Waals surface area contributed by atoms with Crippen molar-refractivity contribution in [3.8, 4) is 0 Å². The van der Waals surface area contributed by atoms with Gasteiger partial charge in [-0.25, -0.2) is 9.97 Å². The quantitative estimate of drug-likeness (QED) is 0.715. The monoisotopic (exact) mass is 350 g/mol. The first-order valence-corrected chi connectivity index (χ1v) is 7.60. The fourth-order valence-electron chi connectivity index (χ4n) is 2.87. The molecule has 10 nitrogen and oxygen atoms in total. The van der Waals surface area contributed by atoms with Crippen LogP contribution in [0.5, 0.6) is 0 Å². The third-order valence-corrected chi connectivity index (χ3v) is 3.84. The zero-order valence-corrected chi connectivity index (χ0v) is 13.7. The van der Waals surface area contributed by atoms with Gasteiger partial charge in [-0.2, -0.15) is 0 Å². The van der Waals surface area contributed by atoms with Crippen LogP contribution in [0.3, 0.4) is 0 Å². The molecule has 1 fully saturated rings. The Morgan fingerprint density at radius 1 is 1.28 bits per heavy atom. The fourth-order valence-corrected chi connectivity index (χ4v) is 2.87. The number of aliphatic hydroxyl groups excluding tert-OH is 1. The maximum atomic E-state index is 11.5. The van der Waals surface area contributed by atoms with Gasteiger partial charge >= 0.3 is 11.9 Å². The Kier molecular flexibility index (Phi) is 4.55. The predicted molar refractivity (Wildman–Crippen MR) is 84.0 cm³/mol. The summed E-state index contributed by atoms with van der Waals surface area (Å²) in [5, 5.41) is 9.56. The van der Waals surface area contributed by atoms with E-state index >= 15 is 0 Å². The van der Waals surface area contributed by atoms with Gasteiger partial charge in [0.2, 0.25) is 0 Å². The number of aromatic nitrogens is 3. The molecule has 10 heteroatoms. The molecular formula is C15H18N4O6. The minimum atomic E-state index is -0.973. The van der Waals surface area contributed by atoms with E-state index in [-0.39, 0.29) is 0 Å². The van der Waals surface area contributed by atoms with E-state index in [1.807, 2.05) is 0 Å². The van der Waals surface area contributed by atoms with Crippen molar-refractivity contribution in [3.05, 3.63) is 18.6 Å². The molecule has 0 radical (unpaired) electrons. The topological polar surface area (TPSA) is 139 Å². The van der Waals surface area contributed by atoms with Crippen molar-refractivity contribution < 1.29 is 28.9 Å². The second-order valence-corrected chi connectivity index (χ2v) is 5.62. The van der Waals surface area contributed by atoms with Crippen molar-refractivity contribution in [1.82, 2.24) is 14.5 Å². The largest absolute Gasteiger partial charge is 0.456 e. The van der Waals surface area contributed by atoms with Crippen molar-refractivity contribution in [2.45, 2.75) is 38.4 Å².